The summed E-state index contributed by atoms with van der Waals surface area (Å²) in [6.07, 6.45) is 2.81. The van der Waals surface area contributed by atoms with E-state index in [1.807, 2.05) is 130 Å². The van der Waals surface area contributed by atoms with Crippen LogP contribution in [0.5, 0.6) is 0 Å². The van der Waals surface area contributed by atoms with Crippen molar-refractivity contribution in [2.24, 2.45) is 0 Å². The van der Waals surface area contributed by atoms with Gasteiger partial charge in [0.1, 0.15) is 6.63 Å². The first-order chi connectivity index (χ1) is 62.6. The van der Waals surface area contributed by atoms with E-state index in [2.05, 4.69) is 361 Å². The first-order valence-corrected chi connectivity index (χ1v) is 55.4. The quantitative estimate of drug-likeness (QED) is 0.0388. The molecule has 0 aliphatic rings. The fourth-order valence-corrected chi connectivity index (χ4v) is 20.8. The van der Waals surface area contributed by atoms with Crippen molar-refractivity contribution in [1.82, 2.24) is 34.9 Å². The predicted octanol–water partition coefficient (Wildman–Crippen LogP) is 22.2. The fourth-order valence-electron chi connectivity index (χ4n) is 14.9. The molecule has 640 valence electrons. The third-order valence-corrected chi connectivity index (χ3v) is 28.5. The van der Waals surface area contributed by atoms with Crippen molar-refractivity contribution in [3.8, 4) is 78.8 Å². The molecule has 0 aliphatic heterocycles. The normalized spacial score (nSPS) is 10.6. The molecule has 0 unspecified atom stereocenters. The molecular formula is C110H98B2Cl6LiN7P2Si2. The third-order valence-electron chi connectivity index (χ3n) is 20.9. The van der Waals surface area contributed by atoms with Gasteiger partial charge in [0, 0.05) is 68.4 Å². The molecule has 7 aromatic heterocycles. The smallest absolute Gasteiger partial charge is 0.386 e. The van der Waals surface area contributed by atoms with Crippen molar-refractivity contribution < 1.29 is 18.9 Å². The number of benzene rings is 11. The summed E-state index contributed by atoms with van der Waals surface area (Å²) >= 11 is 33.3. The number of nitrogens with zero attached hydrogens (tertiary/aromatic N) is 7. The Labute approximate surface area is 814 Å². The molecule has 0 spiro atoms. The van der Waals surface area contributed by atoms with Gasteiger partial charge in [-0.2, -0.15) is 57.2 Å². The first kappa shape index (κ1) is 99.8. The molecule has 0 saturated carbocycles. The number of hydrogen-bond donors (Lipinski definition) is 0. The minimum Gasteiger partial charge on any atom is -0.386 e. The van der Waals surface area contributed by atoms with E-state index in [0.29, 0.717) is 0 Å². The Kier molecular flexibility index (Phi) is 39.3. The molecule has 0 fully saturated rings. The molecule has 7 nitrogen and oxygen atoms in total. The van der Waals surface area contributed by atoms with E-state index in [0.717, 1.165) is 122 Å². The third kappa shape index (κ3) is 29.1. The SMILES string of the molecule is C[SiH](Cl)Cl.C[Si](C)(c1cccc(-c2ccccc2)n1)c1cccc(-c2ccccc2)n1.Cc1cc(C)c(B(Cl)Cl)c(C)c1.Cc1cc(C)c(B(c2cccc(-c3ccccc3)n2)c2cccc(-c3ccccc3)n2)c(C)c1.ClP(Cl)c1ccccc1.[Li+].[c-]1cccc(-c2ccccc2)n1.c1ccc(-c2cccc(P(c3ccccc3)c3cccc(-c4ccccc4)n3)n2)cc1. The van der Waals surface area contributed by atoms with E-state index in [1.54, 1.807) is 6.07 Å². The van der Waals surface area contributed by atoms with Gasteiger partial charge in [0.05, 0.1) is 45.0 Å². The van der Waals surface area contributed by atoms with Gasteiger partial charge in [-0.3, -0.25) is 19.9 Å². The summed E-state index contributed by atoms with van der Waals surface area (Å²) in [5, 5.41) is 4.56. The van der Waals surface area contributed by atoms with Crippen molar-refractivity contribution in [2.45, 2.75) is 61.2 Å². The van der Waals surface area contributed by atoms with E-state index in [-0.39, 0.29) is 25.6 Å². The van der Waals surface area contributed by atoms with Gasteiger partial charge in [-0.1, -0.05) is 420 Å². The minimum atomic E-state index is -2.01. The van der Waals surface area contributed by atoms with Crippen LogP contribution in [0.4, 0.5) is 0 Å². The summed E-state index contributed by atoms with van der Waals surface area (Å²) in [5.74, 6) is 0. The summed E-state index contributed by atoms with van der Waals surface area (Å²) in [5.41, 5.74) is 28.3. The van der Waals surface area contributed by atoms with E-state index >= 15 is 0 Å². The first-order valence-electron chi connectivity index (χ1n) is 42.4. The molecule has 130 heavy (non-hydrogen) atoms. The maximum absolute atomic E-state index is 5.83. The van der Waals surface area contributed by atoms with Crippen molar-refractivity contribution >= 4 is 164 Å². The second-order valence-corrected chi connectivity index (χ2v) is 47.6. The summed E-state index contributed by atoms with van der Waals surface area (Å²) < 4.78 is 0. The van der Waals surface area contributed by atoms with E-state index in [4.69, 9.17) is 97.5 Å². The molecule has 0 bridgehead atoms. The van der Waals surface area contributed by atoms with Crippen LogP contribution in [0.3, 0.4) is 0 Å². The number of halogens is 6. The summed E-state index contributed by atoms with van der Waals surface area (Å²) in [7, 11) is -4.08. The van der Waals surface area contributed by atoms with Crippen molar-refractivity contribution in [2.75, 3.05) is 0 Å². The Morgan fingerprint density at radius 3 is 0.854 bits per heavy atom. The number of aryl methyl sites for hydroxylation is 6. The molecule has 11 aromatic carbocycles. The van der Waals surface area contributed by atoms with Crippen LogP contribution in [-0.4, -0.2) is 62.6 Å². The molecule has 18 aromatic rings. The topological polar surface area (TPSA) is 90.2 Å². The van der Waals surface area contributed by atoms with Gasteiger partial charge in [0.25, 0.3) is 6.71 Å². The van der Waals surface area contributed by atoms with Gasteiger partial charge in [0.2, 0.25) is 7.42 Å². The van der Waals surface area contributed by atoms with Gasteiger partial charge >= 0.3 is 24.4 Å². The Balaban J connectivity index is 0.000000158. The van der Waals surface area contributed by atoms with Gasteiger partial charge in [0.15, 0.2) is 8.07 Å². The summed E-state index contributed by atoms with van der Waals surface area (Å²) in [6, 6.07) is 145. The molecule has 0 aliphatic carbocycles. The van der Waals surface area contributed by atoms with Crippen molar-refractivity contribution in [3.05, 3.63) is 464 Å². The number of rotatable bonds is 17. The Morgan fingerprint density at radius 1 is 0.300 bits per heavy atom. The maximum atomic E-state index is 5.83. The second kappa shape index (κ2) is 51.2. The zero-order valence-corrected chi connectivity index (χ0v) is 82.9. The zero-order valence-electron chi connectivity index (χ0n) is 74.4. The average molecular weight is 1880 g/mol. The molecular weight excluding hydrogens is 1780 g/mol. The molecule has 0 amide bonds. The van der Waals surface area contributed by atoms with Crippen LogP contribution >= 0.6 is 82.1 Å². The van der Waals surface area contributed by atoms with Crippen LogP contribution in [0.15, 0.2) is 425 Å². The van der Waals surface area contributed by atoms with Crippen molar-refractivity contribution in [3.63, 3.8) is 0 Å². The van der Waals surface area contributed by atoms with E-state index < -0.39 is 35.6 Å². The molecule has 0 N–H and O–H groups in total. The monoisotopic (exact) mass is 1870 g/mol. The summed E-state index contributed by atoms with van der Waals surface area (Å²) in [4.78, 5) is 34.7. The predicted molar refractivity (Wildman–Crippen MR) is 568 cm³/mol. The van der Waals surface area contributed by atoms with Gasteiger partial charge in [-0.25, -0.2) is 9.97 Å². The number of hydrogen-bond acceptors (Lipinski definition) is 7. The van der Waals surface area contributed by atoms with Crippen LogP contribution < -0.4 is 73.1 Å². The second-order valence-electron chi connectivity index (χ2n) is 30.9. The molecule has 18 rings (SSSR count). The fraction of sp³-hybridized carbons (Fsp3) is 0.0818. The number of pyridine rings is 7. The van der Waals surface area contributed by atoms with Crippen LogP contribution in [0, 0.1) is 47.7 Å². The van der Waals surface area contributed by atoms with E-state index in [1.165, 1.54) is 44.1 Å². The molecule has 20 heteroatoms. The Hall–Kier alpha value is -10.8. The van der Waals surface area contributed by atoms with Crippen LogP contribution in [0.25, 0.3) is 78.8 Å². The number of aromatic nitrogens is 7. The zero-order chi connectivity index (χ0) is 90.9. The Morgan fingerprint density at radius 2 is 0.562 bits per heavy atom. The minimum absolute atomic E-state index is 0. The standard InChI is InChI=1S/C31H27BN2.C28H21N2P.C24H22N2Si.C11H8N.C9H11BCl2.C6H5Cl2P.CH4Cl2Si.Li/c1-22-20-23(2)31(24(3)21-22)32(29-18-10-16-27(33-29)25-12-6-4-7-13-25)30-19-11-17-28(34-30)26-14-8-5-9-15-26;1-4-12-22(13-5-1)25-18-10-20-27(29-25)31(24-16-8-3-9-17-24)28-21-11-19-26(30-28)23-14-6-2-7-15-23;1-27(2,23-17-9-15-21(25-23)19-11-5-3-6-12-19)24-18-10-16-22(26-24)20-13-7-4-8-14-20;1-2-6-10(7-3-1)11-8-4-5-9-12-11;1-6-4-7(2)9(10(11)12)8(3)5-6;7-9(8)6-4-2-1-3-5-6;1-4(2)3;/h4-21H,1-3H3;1-21H;3-18H,1-2H3;1-8H;4-5H,1-3H3;1-5H;4H,1H3;/q;;;-1;;;;+1. The van der Waals surface area contributed by atoms with Crippen LogP contribution in [0.2, 0.25) is 19.6 Å². The molecule has 0 radical (unpaired) electrons. The summed E-state index contributed by atoms with van der Waals surface area (Å²) in [6.45, 7) is 18.2. The van der Waals surface area contributed by atoms with Crippen LogP contribution in [0.1, 0.15) is 33.4 Å². The largest absolute Gasteiger partial charge is 1.00 e. The van der Waals surface area contributed by atoms with Gasteiger partial charge < -0.3 is 4.98 Å². The van der Waals surface area contributed by atoms with Crippen LogP contribution in [-0.2, 0) is 0 Å². The molecule has 0 atom stereocenters. The average Bonchev–Trinajstić information content (AvgIpc) is 0.776. The molecule has 7 heterocycles. The Bertz CT molecular complexity index is 6160. The van der Waals surface area contributed by atoms with Gasteiger partial charge in [-0.15, -0.1) is 6.07 Å². The molecule has 0 saturated heterocycles. The van der Waals surface area contributed by atoms with Gasteiger partial charge in [-0.05, 0) is 137 Å². The van der Waals surface area contributed by atoms with E-state index in [9.17, 15) is 0 Å². The van der Waals surface area contributed by atoms with Crippen molar-refractivity contribution in [1.29, 1.82) is 0 Å². The maximum Gasteiger partial charge on any atom is 1.00 e.